The van der Waals surface area contributed by atoms with E-state index in [0.717, 1.165) is 12.1 Å². The second-order valence-electron chi connectivity index (χ2n) is 4.28. The van der Waals surface area contributed by atoms with Crippen molar-refractivity contribution < 1.29 is 0 Å². The molecular formula is C13H18N2. The van der Waals surface area contributed by atoms with Gasteiger partial charge in [0.25, 0.3) is 0 Å². The summed E-state index contributed by atoms with van der Waals surface area (Å²) in [6.45, 7) is 4.87. The van der Waals surface area contributed by atoms with E-state index in [1.54, 1.807) is 0 Å². The predicted molar refractivity (Wildman–Crippen MR) is 63.9 cm³/mol. The minimum absolute atomic E-state index is 0.434. The van der Waals surface area contributed by atoms with Crippen molar-refractivity contribution in [3.63, 3.8) is 0 Å². The van der Waals surface area contributed by atoms with E-state index in [2.05, 4.69) is 44.2 Å². The van der Waals surface area contributed by atoms with Crippen LogP contribution in [0.4, 0.5) is 5.69 Å². The maximum atomic E-state index is 8.58. The van der Waals surface area contributed by atoms with Crippen molar-refractivity contribution >= 4 is 5.69 Å². The van der Waals surface area contributed by atoms with Crippen LogP contribution in [-0.2, 0) is 6.42 Å². The first-order valence-corrected chi connectivity index (χ1v) is 5.30. The molecule has 0 amide bonds. The van der Waals surface area contributed by atoms with Crippen LogP contribution < -0.4 is 4.90 Å². The lowest BCUT2D eigenvalue weighted by Gasteiger charge is -2.15. The van der Waals surface area contributed by atoms with Crippen LogP contribution in [0.1, 0.15) is 19.4 Å². The van der Waals surface area contributed by atoms with Gasteiger partial charge < -0.3 is 4.90 Å². The highest BCUT2D eigenvalue weighted by atomic mass is 15.1. The third-order valence-electron chi connectivity index (χ3n) is 2.33. The molecule has 0 spiro atoms. The Kier molecular flexibility index (Phi) is 4.17. The minimum Gasteiger partial charge on any atom is -0.361 e. The molecule has 80 valence electrons. The second kappa shape index (κ2) is 5.41. The van der Waals surface area contributed by atoms with Gasteiger partial charge >= 0.3 is 0 Å². The molecule has 0 aliphatic rings. The number of hydrogen-bond donors (Lipinski definition) is 0. The van der Waals surface area contributed by atoms with Crippen molar-refractivity contribution in [1.82, 2.24) is 0 Å². The van der Waals surface area contributed by atoms with E-state index in [1.165, 1.54) is 5.56 Å². The fourth-order valence-corrected chi connectivity index (χ4v) is 1.56. The SMILES string of the molecule is CC(C)Cc1ccc(N(C)CC#N)cc1. The number of anilines is 1. The van der Waals surface area contributed by atoms with Crippen molar-refractivity contribution in [1.29, 1.82) is 5.26 Å². The molecule has 1 rings (SSSR count). The highest BCUT2D eigenvalue weighted by Crippen LogP contribution is 2.15. The molecule has 1 aromatic rings. The van der Waals surface area contributed by atoms with Crippen molar-refractivity contribution in [3.05, 3.63) is 29.8 Å². The monoisotopic (exact) mass is 202 g/mol. The summed E-state index contributed by atoms with van der Waals surface area (Å²) in [7, 11) is 1.93. The van der Waals surface area contributed by atoms with Gasteiger partial charge in [0.15, 0.2) is 0 Å². The third kappa shape index (κ3) is 3.63. The minimum atomic E-state index is 0.434. The van der Waals surface area contributed by atoms with Gasteiger partial charge in [-0.1, -0.05) is 26.0 Å². The van der Waals surface area contributed by atoms with Gasteiger partial charge in [0.1, 0.15) is 6.54 Å². The Balaban J connectivity index is 2.68. The topological polar surface area (TPSA) is 27.0 Å². The lowest BCUT2D eigenvalue weighted by Crippen LogP contribution is -2.16. The van der Waals surface area contributed by atoms with Gasteiger partial charge in [-0.05, 0) is 30.0 Å². The fourth-order valence-electron chi connectivity index (χ4n) is 1.56. The van der Waals surface area contributed by atoms with Gasteiger partial charge in [-0.15, -0.1) is 0 Å². The van der Waals surface area contributed by atoms with Crippen LogP contribution in [0.3, 0.4) is 0 Å². The number of rotatable bonds is 4. The highest BCUT2D eigenvalue weighted by Gasteiger charge is 2.01. The van der Waals surface area contributed by atoms with Crippen molar-refractivity contribution in [2.45, 2.75) is 20.3 Å². The summed E-state index contributed by atoms with van der Waals surface area (Å²) >= 11 is 0. The molecule has 15 heavy (non-hydrogen) atoms. The summed E-state index contributed by atoms with van der Waals surface area (Å²) in [4.78, 5) is 1.94. The van der Waals surface area contributed by atoms with Crippen molar-refractivity contribution in [3.8, 4) is 6.07 Å². The molecule has 0 heterocycles. The van der Waals surface area contributed by atoms with Crippen LogP contribution in [0, 0.1) is 17.2 Å². The molecule has 0 radical (unpaired) electrons. The smallest absolute Gasteiger partial charge is 0.105 e. The molecule has 1 aromatic carbocycles. The Labute approximate surface area is 92.1 Å². The maximum Gasteiger partial charge on any atom is 0.105 e. The number of nitriles is 1. The molecule has 0 atom stereocenters. The average molecular weight is 202 g/mol. The van der Waals surface area contributed by atoms with Gasteiger partial charge in [-0.2, -0.15) is 5.26 Å². The Hall–Kier alpha value is -1.49. The van der Waals surface area contributed by atoms with Gasteiger partial charge in [0.05, 0.1) is 6.07 Å². The molecule has 0 N–H and O–H groups in total. The number of benzene rings is 1. The van der Waals surface area contributed by atoms with E-state index in [4.69, 9.17) is 5.26 Å². The first-order valence-electron chi connectivity index (χ1n) is 5.30. The molecule has 2 heteroatoms. The zero-order valence-corrected chi connectivity index (χ0v) is 9.70. The van der Waals surface area contributed by atoms with Crippen molar-refractivity contribution in [2.75, 3.05) is 18.5 Å². The van der Waals surface area contributed by atoms with Gasteiger partial charge in [-0.25, -0.2) is 0 Å². The van der Waals surface area contributed by atoms with E-state index in [9.17, 15) is 0 Å². The lowest BCUT2D eigenvalue weighted by atomic mass is 10.0. The van der Waals surface area contributed by atoms with E-state index in [0.29, 0.717) is 12.5 Å². The van der Waals surface area contributed by atoms with E-state index in [-0.39, 0.29) is 0 Å². The highest BCUT2D eigenvalue weighted by molar-refractivity contribution is 5.47. The maximum absolute atomic E-state index is 8.58. The van der Waals surface area contributed by atoms with Crippen LogP contribution in [-0.4, -0.2) is 13.6 Å². The summed E-state index contributed by atoms with van der Waals surface area (Å²) in [6, 6.07) is 10.6. The molecule has 2 nitrogen and oxygen atoms in total. The van der Waals surface area contributed by atoms with Crippen LogP contribution in [0.15, 0.2) is 24.3 Å². The number of hydrogen-bond acceptors (Lipinski definition) is 2. The largest absolute Gasteiger partial charge is 0.361 e. The zero-order valence-electron chi connectivity index (χ0n) is 9.70. The first kappa shape index (κ1) is 11.6. The summed E-state index contributed by atoms with van der Waals surface area (Å²) in [5.74, 6) is 0.688. The molecule has 0 aliphatic heterocycles. The molecule has 0 aromatic heterocycles. The zero-order chi connectivity index (χ0) is 11.3. The lowest BCUT2D eigenvalue weighted by molar-refractivity contribution is 0.647. The Morgan fingerprint density at radius 1 is 1.27 bits per heavy atom. The van der Waals surface area contributed by atoms with Gasteiger partial charge in [0.2, 0.25) is 0 Å². The average Bonchev–Trinajstić information content (AvgIpc) is 2.18. The third-order valence-corrected chi connectivity index (χ3v) is 2.33. The molecule has 0 fully saturated rings. The van der Waals surface area contributed by atoms with Crippen LogP contribution in [0.25, 0.3) is 0 Å². The Morgan fingerprint density at radius 3 is 2.33 bits per heavy atom. The van der Waals surface area contributed by atoms with E-state index in [1.807, 2.05) is 11.9 Å². The molecular weight excluding hydrogens is 184 g/mol. The Morgan fingerprint density at radius 2 is 1.87 bits per heavy atom. The normalized spacial score (nSPS) is 10.1. The van der Waals surface area contributed by atoms with Gasteiger partial charge in [0, 0.05) is 12.7 Å². The van der Waals surface area contributed by atoms with Crippen LogP contribution in [0.2, 0.25) is 0 Å². The van der Waals surface area contributed by atoms with Crippen LogP contribution >= 0.6 is 0 Å². The summed E-state index contributed by atoms with van der Waals surface area (Å²) in [5.41, 5.74) is 2.46. The fraction of sp³-hybridized carbons (Fsp3) is 0.462. The van der Waals surface area contributed by atoms with E-state index < -0.39 is 0 Å². The molecule has 0 unspecified atom stereocenters. The summed E-state index contributed by atoms with van der Waals surface area (Å²) in [6.07, 6.45) is 1.11. The van der Waals surface area contributed by atoms with Crippen molar-refractivity contribution in [2.24, 2.45) is 5.92 Å². The Bertz CT molecular complexity index is 333. The van der Waals surface area contributed by atoms with E-state index >= 15 is 0 Å². The first-order chi connectivity index (χ1) is 7.13. The molecule has 0 aliphatic carbocycles. The molecule has 0 bridgehead atoms. The summed E-state index contributed by atoms with van der Waals surface area (Å²) in [5, 5.41) is 8.58. The molecule has 0 saturated carbocycles. The molecule has 0 saturated heterocycles. The standard InChI is InChI=1S/C13H18N2/c1-11(2)10-12-4-6-13(7-5-12)15(3)9-8-14/h4-7,11H,9-10H2,1-3H3. The van der Waals surface area contributed by atoms with Crippen LogP contribution in [0.5, 0.6) is 0 Å². The quantitative estimate of drug-likeness (QED) is 0.702. The second-order valence-corrected chi connectivity index (χ2v) is 4.28. The summed E-state index contributed by atoms with van der Waals surface area (Å²) < 4.78 is 0. The number of nitrogens with zero attached hydrogens (tertiary/aromatic N) is 2. The predicted octanol–water partition coefficient (Wildman–Crippen LogP) is 2.84. The van der Waals surface area contributed by atoms with Gasteiger partial charge in [-0.3, -0.25) is 0 Å².